The van der Waals surface area contributed by atoms with Gasteiger partial charge in [0.05, 0.1) is 18.9 Å². The van der Waals surface area contributed by atoms with E-state index >= 15 is 0 Å². The molecule has 0 bridgehead atoms. The first-order chi connectivity index (χ1) is 9.24. The molecule has 0 aromatic heterocycles. The Morgan fingerprint density at radius 3 is 2.58 bits per heavy atom. The largest absolute Gasteiger partial charge is 0.494 e. The molecule has 0 atom stereocenters. The van der Waals surface area contributed by atoms with Gasteiger partial charge in [-0.05, 0) is 38.8 Å². The monoisotopic (exact) mass is 263 g/mol. The van der Waals surface area contributed by atoms with Crippen molar-refractivity contribution in [2.24, 2.45) is 5.92 Å². The second kappa shape index (κ2) is 6.45. The highest BCUT2D eigenvalue weighted by atomic mass is 16.5. The molecular formula is C15H21NO3. The third-order valence-electron chi connectivity index (χ3n) is 3.30. The second-order valence-electron chi connectivity index (χ2n) is 4.64. The van der Waals surface area contributed by atoms with E-state index < -0.39 is 0 Å². The van der Waals surface area contributed by atoms with Crippen LogP contribution in [0.4, 0.5) is 5.69 Å². The van der Waals surface area contributed by atoms with Crippen molar-refractivity contribution in [2.75, 3.05) is 18.5 Å². The Labute approximate surface area is 114 Å². The van der Waals surface area contributed by atoms with Gasteiger partial charge in [-0.3, -0.25) is 4.79 Å². The summed E-state index contributed by atoms with van der Waals surface area (Å²) >= 11 is 0. The summed E-state index contributed by atoms with van der Waals surface area (Å²) in [6, 6.07) is 5.52. The average molecular weight is 263 g/mol. The van der Waals surface area contributed by atoms with Crippen LogP contribution in [0.5, 0.6) is 11.5 Å². The maximum Gasteiger partial charge on any atom is 0.227 e. The van der Waals surface area contributed by atoms with E-state index in [1.165, 1.54) is 0 Å². The second-order valence-corrected chi connectivity index (χ2v) is 4.64. The van der Waals surface area contributed by atoms with Crippen molar-refractivity contribution in [1.82, 2.24) is 0 Å². The molecule has 4 nitrogen and oxygen atoms in total. The van der Waals surface area contributed by atoms with Crippen LogP contribution in [-0.4, -0.2) is 19.1 Å². The lowest BCUT2D eigenvalue weighted by atomic mass is 9.85. The molecule has 19 heavy (non-hydrogen) atoms. The van der Waals surface area contributed by atoms with E-state index in [1.54, 1.807) is 0 Å². The molecule has 4 heteroatoms. The molecule has 0 spiro atoms. The Hall–Kier alpha value is -1.71. The molecule has 0 aliphatic heterocycles. The van der Waals surface area contributed by atoms with Gasteiger partial charge in [0.2, 0.25) is 5.91 Å². The number of anilines is 1. The van der Waals surface area contributed by atoms with E-state index in [-0.39, 0.29) is 11.8 Å². The lowest BCUT2D eigenvalue weighted by Crippen LogP contribution is -2.28. The van der Waals surface area contributed by atoms with E-state index in [4.69, 9.17) is 9.47 Å². The number of carbonyl (C=O) groups excluding carboxylic acids is 1. The molecule has 1 aliphatic carbocycles. The van der Waals surface area contributed by atoms with Gasteiger partial charge in [0.1, 0.15) is 11.5 Å². The van der Waals surface area contributed by atoms with Crippen LogP contribution < -0.4 is 14.8 Å². The van der Waals surface area contributed by atoms with Crippen LogP contribution in [0.3, 0.4) is 0 Å². The van der Waals surface area contributed by atoms with Gasteiger partial charge in [0.25, 0.3) is 0 Å². The quantitative estimate of drug-likeness (QED) is 0.857. The first-order valence-electron chi connectivity index (χ1n) is 6.95. The molecule has 1 N–H and O–H groups in total. The van der Waals surface area contributed by atoms with E-state index in [0.717, 1.165) is 25.0 Å². The number of amides is 1. The van der Waals surface area contributed by atoms with E-state index in [0.29, 0.717) is 24.7 Å². The highest BCUT2D eigenvalue weighted by molar-refractivity contribution is 5.94. The smallest absolute Gasteiger partial charge is 0.227 e. The van der Waals surface area contributed by atoms with Crippen LogP contribution in [-0.2, 0) is 4.79 Å². The first kappa shape index (κ1) is 13.7. The summed E-state index contributed by atoms with van der Waals surface area (Å²) in [5.74, 6) is 1.68. The SMILES string of the molecule is CCOc1ccc(OCC)c(NC(=O)C2CCC2)c1. The Morgan fingerprint density at radius 1 is 1.26 bits per heavy atom. The molecule has 2 rings (SSSR count). The van der Waals surface area contributed by atoms with Crippen LogP contribution in [0.25, 0.3) is 0 Å². The zero-order chi connectivity index (χ0) is 13.7. The zero-order valence-electron chi connectivity index (χ0n) is 11.6. The molecule has 1 aliphatic rings. The van der Waals surface area contributed by atoms with Crippen molar-refractivity contribution in [1.29, 1.82) is 0 Å². The van der Waals surface area contributed by atoms with Crippen LogP contribution in [0.2, 0.25) is 0 Å². The lowest BCUT2D eigenvalue weighted by molar-refractivity contribution is -0.122. The minimum absolute atomic E-state index is 0.0841. The highest BCUT2D eigenvalue weighted by Gasteiger charge is 2.25. The molecule has 1 aromatic carbocycles. The Balaban J connectivity index is 2.13. The van der Waals surface area contributed by atoms with Crippen molar-refractivity contribution in [3.05, 3.63) is 18.2 Å². The summed E-state index contributed by atoms with van der Waals surface area (Å²) in [5.41, 5.74) is 0.699. The Bertz CT molecular complexity index is 441. The predicted octanol–water partition coefficient (Wildman–Crippen LogP) is 3.22. The number of carbonyl (C=O) groups is 1. The van der Waals surface area contributed by atoms with Crippen molar-refractivity contribution < 1.29 is 14.3 Å². The molecule has 0 unspecified atom stereocenters. The number of nitrogens with one attached hydrogen (secondary N) is 1. The van der Waals surface area contributed by atoms with Gasteiger partial charge in [-0.1, -0.05) is 6.42 Å². The summed E-state index contributed by atoms with van der Waals surface area (Å²) < 4.78 is 11.0. The van der Waals surface area contributed by atoms with Crippen LogP contribution in [0, 0.1) is 5.92 Å². The zero-order valence-corrected chi connectivity index (χ0v) is 11.6. The number of ether oxygens (including phenoxy) is 2. The van der Waals surface area contributed by atoms with E-state index in [2.05, 4.69) is 5.32 Å². The Kier molecular flexibility index (Phi) is 4.66. The first-order valence-corrected chi connectivity index (χ1v) is 6.95. The summed E-state index contributed by atoms with van der Waals surface area (Å²) in [6.07, 6.45) is 3.12. The fraction of sp³-hybridized carbons (Fsp3) is 0.533. The van der Waals surface area contributed by atoms with Gasteiger partial charge >= 0.3 is 0 Å². The third-order valence-corrected chi connectivity index (χ3v) is 3.30. The van der Waals surface area contributed by atoms with Crippen LogP contribution in [0.15, 0.2) is 18.2 Å². The molecule has 1 saturated carbocycles. The number of hydrogen-bond donors (Lipinski definition) is 1. The topological polar surface area (TPSA) is 47.6 Å². The fourth-order valence-electron chi connectivity index (χ4n) is 2.05. The lowest BCUT2D eigenvalue weighted by Gasteiger charge is -2.24. The fourth-order valence-corrected chi connectivity index (χ4v) is 2.05. The maximum absolute atomic E-state index is 12.0. The number of benzene rings is 1. The van der Waals surface area contributed by atoms with Gasteiger partial charge in [0, 0.05) is 12.0 Å². The molecule has 0 radical (unpaired) electrons. The molecular weight excluding hydrogens is 242 g/mol. The normalized spacial score (nSPS) is 14.6. The van der Waals surface area contributed by atoms with Gasteiger partial charge < -0.3 is 14.8 Å². The number of hydrogen-bond acceptors (Lipinski definition) is 3. The van der Waals surface area contributed by atoms with Crippen molar-refractivity contribution in [2.45, 2.75) is 33.1 Å². The van der Waals surface area contributed by atoms with Crippen molar-refractivity contribution >= 4 is 11.6 Å². The highest BCUT2D eigenvalue weighted by Crippen LogP contribution is 2.32. The van der Waals surface area contributed by atoms with Crippen LogP contribution >= 0.6 is 0 Å². The molecule has 1 fully saturated rings. The molecule has 0 heterocycles. The Morgan fingerprint density at radius 2 is 2.00 bits per heavy atom. The van der Waals surface area contributed by atoms with Crippen LogP contribution in [0.1, 0.15) is 33.1 Å². The molecule has 1 amide bonds. The van der Waals surface area contributed by atoms with Gasteiger partial charge in [-0.25, -0.2) is 0 Å². The average Bonchev–Trinajstić information content (AvgIpc) is 2.30. The third kappa shape index (κ3) is 3.40. The maximum atomic E-state index is 12.0. The minimum Gasteiger partial charge on any atom is -0.494 e. The minimum atomic E-state index is 0.0841. The van der Waals surface area contributed by atoms with E-state index in [1.807, 2.05) is 32.0 Å². The van der Waals surface area contributed by atoms with Gasteiger partial charge in [0.15, 0.2) is 0 Å². The van der Waals surface area contributed by atoms with E-state index in [9.17, 15) is 4.79 Å². The molecule has 0 saturated heterocycles. The van der Waals surface area contributed by atoms with Gasteiger partial charge in [-0.15, -0.1) is 0 Å². The summed E-state index contributed by atoms with van der Waals surface area (Å²) in [4.78, 5) is 12.0. The number of rotatable bonds is 6. The summed E-state index contributed by atoms with van der Waals surface area (Å²) in [6.45, 7) is 5.03. The van der Waals surface area contributed by atoms with Crippen molar-refractivity contribution in [3.63, 3.8) is 0 Å². The molecule has 104 valence electrons. The summed E-state index contributed by atoms with van der Waals surface area (Å²) in [5, 5.41) is 2.95. The molecule has 1 aromatic rings. The standard InChI is InChI=1S/C15H21NO3/c1-3-18-12-8-9-14(19-4-2)13(10-12)16-15(17)11-6-5-7-11/h8-11H,3-7H2,1-2H3,(H,16,17). The van der Waals surface area contributed by atoms with Gasteiger partial charge in [-0.2, -0.15) is 0 Å². The summed E-state index contributed by atoms with van der Waals surface area (Å²) in [7, 11) is 0. The predicted molar refractivity (Wildman–Crippen MR) is 74.8 cm³/mol. The van der Waals surface area contributed by atoms with Crippen molar-refractivity contribution in [3.8, 4) is 11.5 Å².